The SMILES string of the molecule is CC1=[C]([Ti+2][C]2=C(C)C=CC2)CC=C1.[F-].[F-]. The minimum absolute atomic E-state index is 0. The molecule has 2 rings (SSSR count). The number of halogens is 2. The van der Waals surface area contributed by atoms with Crippen molar-refractivity contribution in [1.82, 2.24) is 0 Å². The predicted octanol–water partition coefficient (Wildman–Crippen LogP) is -2.46. The summed E-state index contributed by atoms with van der Waals surface area (Å²) in [7, 11) is 0. The summed E-state index contributed by atoms with van der Waals surface area (Å²) in [6, 6.07) is 0. The van der Waals surface area contributed by atoms with Crippen molar-refractivity contribution in [2.24, 2.45) is 0 Å². The van der Waals surface area contributed by atoms with Gasteiger partial charge < -0.3 is 9.41 Å². The minimum Gasteiger partial charge on any atom is -1.00 e. The smallest absolute Gasteiger partial charge is 1.00 e. The molecule has 80 valence electrons. The standard InChI is InChI=1S/2C6H7.2FH.Ti/c2*1-6-4-2-3-5-6;;;/h2*2,4H,3H2,1H3;2*1H;/q;;;;+2/p-2. The minimum atomic E-state index is 0. The Kier molecular flexibility index (Phi) is 6.00. The monoisotopic (exact) mass is 244 g/mol. The summed E-state index contributed by atoms with van der Waals surface area (Å²) in [6.45, 7) is 4.50. The van der Waals surface area contributed by atoms with E-state index in [-0.39, 0.29) is 28.6 Å². The van der Waals surface area contributed by atoms with Gasteiger partial charge in [0.05, 0.1) is 0 Å². The molecule has 0 aromatic heterocycles. The molecule has 0 atom stereocenters. The molecule has 0 amide bonds. The quantitative estimate of drug-likeness (QED) is 0.473. The Morgan fingerprint density at radius 1 is 0.867 bits per heavy atom. The second-order valence-electron chi connectivity index (χ2n) is 3.66. The van der Waals surface area contributed by atoms with E-state index < -0.39 is 0 Å². The number of allylic oxidation sites excluding steroid dienone is 8. The Bertz CT molecular complexity index is 315. The molecule has 0 unspecified atom stereocenters. The van der Waals surface area contributed by atoms with Crippen LogP contribution in [0.5, 0.6) is 0 Å². The van der Waals surface area contributed by atoms with Gasteiger partial charge in [-0.2, -0.15) is 0 Å². The molecule has 0 heterocycles. The van der Waals surface area contributed by atoms with Crippen molar-refractivity contribution in [2.45, 2.75) is 26.7 Å². The summed E-state index contributed by atoms with van der Waals surface area (Å²) in [4.78, 5) is 0. The van der Waals surface area contributed by atoms with E-state index in [0.717, 1.165) is 0 Å². The third-order valence-electron chi connectivity index (χ3n) is 2.63. The van der Waals surface area contributed by atoms with Crippen LogP contribution in [0, 0.1) is 0 Å². The van der Waals surface area contributed by atoms with Gasteiger partial charge in [0.25, 0.3) is 0 Å². The van der Waals surface area contributed by atoms with Gasteiger partial charge in [-0.25, -0.2) is 0 Å². The van der Waals surface area contributed by atoms with Crippen LogP contribution in [0.3, 0.4) is 0 Å². The normalized spacial score (nSPS) is 17.7. The number of hydrogen-bond acceptors (Lipinski definition) is 0. The fourth-order valence-corrected chi connectivity index (χ4v) is 3.84. The fraction of sp³-hybridized carbons (Fsp3) is 0.333. The first-order chi connectivity index (χ1) is 6.27. The van der Waals surface area contributed by atoms with Crippen molar-refractivity contribution >= 4 is 0 Å². The van der Waals surface area contributed by atoms with Crippen LogP contribution in [0.15, 0.2) is 43.2 Å². The van der Waals surface area contributed by atoms with Gasteiger partial charge in [-0.3, -0.25) is 0 Å². The second-order valence-corrected chi connectivity index (χ2v) is 5.94. The van der Waals surface area contributed by atoms with E-state index in [4.69, 9.17) is 0 Å². The van der Waals surface area contributed by atoms with Gasteiger partial charge in [-0.1, -0.05) is 0 Å². The molecule has 0 aromatic rings. The molecule has 2 aliphatic rings. The zero-order valence-corrected chi connectivity index (χ0v) is 10.5. The molecule has 0 bridgehead atoms. The molecular weight excluding hydrogens is 230 g/mol. The Hall–Kier alpha value is -0.466. The van der Waals surface area contributed by atoms with E-state index in [1.165, 1.54) is 24.0 Å². The van der Waals surface area contributed by atoms with Gasteiger partial charge in [-0.15, -0.1) is 0 Å². The topological polar surface area (TPSA) is 0 Å². The van der Waals surface area contributed by atoms with Gasteiger partial charge in [0.1, 0.15) is 0 Å². The van der Waals surface area contributed by atoms with Gasteiger partial charge in [-0.05, 0) is 0 Å². The van der Waals surface area contributed by atoms with Crippen molar-refractivity contribution in [1.29, 1.82) is 0 Å². The first-order valence-corrected chi connectivity index (χ1v) is 6.33. The molecule has 2 aliphatic carbocycles. The van der Waals surface area contributed by atoms with Crippen LogP contribution in [-0.2, 0) is 19.2 Å². The van der Waals surface area contributed by atoms with Crippen molar-refractivity contribution in [2.75, 3.05) is 0 Å². The van der Waals surface area contributed by atoms with Crippen LogP contribution in [0.25, 0.3) is 0 Å². The largest absolute Gasteiger partial charge is 1.00 e. The van der Waals surface area contributed by atoms with Gasteiger partial charge in [0.15, 0.2) is 0 Å². The van der Waals surface area contributed by atoms with E-state index in [1.54, 1.807) is 7.76 Å². The molecule has 0 saturated carbocycles. The summed E-state index contributed by atoms with van der Waals surface area (Å²) in [5.74, 6) is 0. The predicted molar refractivity (Wildman–Crippen MR) is 52.9 cm³/mol. The van der Waals surface area contributed by atoms with E-state index >= 15 is 0 Å². The molecule has 0 aliphatic heterocycles. The molecule has 0 N–H and O–H groups in total. The Morgan fingerprint density at radius 2 is 1.27 bits per heavy atom. The van der Waals surface area contributed by atoms with Crippen LogP contribution in [0.1, 0.15) is 26.7 Å². The average Bonchev–Trinajstić information content (AvgIpc) is 2.65. The third kappa shape index (κ3) is 3.25. The molecular formula is C12H14F2Ti. The van der Waals surface area contributed by atoms with Crippen LogP contribution in [-0.4, -0.2) is 0 Å². The molecule has 0 fully saturated rings. The van der Waals surface area contributed by atoms with Crippen molar-refractivity contribution in [3.05, 3.63) is 43.2 Å². The summed E-state index contributed by atoms with van der Waals surface area (Å²) in [5, 5.41) is 0. The maximum Gasteiger partial charge on any atom is -1.00 e. The van der Waals surface area contributed by atoms with Gasteiger partial charge in [0, 0.05) is 0 Å². The summed E-state index contributed by atoms with van der Waals surface area (Å²) in [5.41, 5.74) is 3.07. The Labute approximate surface area is 98.5 Å². The Morgan fingerprint density at radius 3 is 1.53 bits per heavy atom. The Balaban J connectivity index is 0.000000980. The van der Waals surface area contributed by atoms with Crippen molar-refractivity contribution in [3.63, 3.8) is 0 Å². The van der Waals surface area contributed by atoms with Crippen LogP contribution < -0.4 is 9.41 Å². The molecule has 15 heavy (non-hydrogen) atoms. The molecule has 0 saturated heterocycles. The first kappa shape index (κ1) is 14.5. The zero-order chi connectivity index (χ0) is 9.26. The maximum atomic E-state index is 2.30. The van der Waals surface area contributed by atoms with Crippen LogP contribution in [0.4, 0.5) is 0 Å². The molecule has 3 heteroatoms. The fourth-order valence-electron chi connectivity index (χ4n) is 1.71. The van der Waals surface area contributed by atoms with E-state index in [2.05, 4.69) is 38.2 Å². The van der Waals surface area contributed by atoms with Crippen LogP contribution in [0.2, 0.25) is 0 Å². The van der Waals surface area contributed by atoms with Crippen LogP contribution >= 0.6 is 0 Å². The number of rotatable bonds is 2. The molecule has 0 aromatic carbocycles. The molecule has 0 nitrogen and oxygen atoms in total. The van der Waals surface area contributed by atoms with E-state index in [1.807, 2.05) is 0 Å². The van der Waals surface area contributed by atoms with Crippen molar-refractivity contribution in [3.8, 4) is 0 Å². The average molecular weight is 244 g/mol. The summed E-state index contributed by atoms with van der Waals surface area (Å²) >= 11 is 0.0324. The summed E-state index contributed by atoms with van der Waals surface area (Å²) < 4.78 is 3.47. The third-order valence-corrected chi connectivity index (χ3v) is 5.44. The van der Waals surface area contributed by atoms with Gasteiger partial charge >= 0.3 is 89.0 Å². The van der Waals surface area contributed by atoms with Gasteiger partial charge in [0.2, 0.25) is 0 Å². The second kappa shape index (κ2) is 6.19. The van der Waals surface area contributed by atoms with Crippen molar-refractivity contribution < 1.29 is 28.6 Å². The van der Waals surface area contributed by atoms with E-state index in [9.17, 15) is 0 Å². The molecule has 0 spiro atoms. The first-order valence-electron chi connectivity index (χ1n) is 4.77. The van der Waals surface area contributed by atoms with E-state index in [0.29, 0.717) is 0 Å². The maximum absolute atomic E-state index is 2.30. The number of hydrogen-bond donors (Lipinski definition) is 0. The zero-order valence-electron chi connectivity index (χ0n) is 8.98. The molecule has 0 radical (unpaired) electrons. The summed E-state index contributed by atoms with van der Waals surface area (Å²) in [6.07, 6.45) is 11.6.